The minimum Gasteiger partial charge on any atom is -0.465 e. The summed E-state index contributed by atoms with van der Waals surface area (Å²) >= 11 is 0. The molecule has 1 rings (SSSR count). The van der Waals surface area contributed by atoms with E-state index in [9.17, 15) is 9.59 Å². The van der Waals surface area contributed by atoms with Crippen molar-refractivity contribution in [2.45, 2.75) is 39.0 Å². The number of esters is 1. The minimum atomic E-state index is -0.172. The zero-order valence-corrected chi connectivity index (χ0v) is 10.9. The van der Waals surface area contributed by atoms with Crippen LogP contribution in [-0.2, 0) is 20.7 Å². The third-order valence-corrected chi connectivity index (χ3v) is 2.66. The Labute approximate surface area is 108 Å². The molecular weight excluding hydrogens is 228 g/mol. The van der Waals surface area contributed by atoms with E-state index in [1.54, 1.807) is 6.92 Å². The minimum absolute atomic E-state index is 0.172. The van der Waals surface area contributed by atoms with Gasteiger partial charge in [-0.25, -0.2) is 0 Å². The van der Waals surface area contributed by atoms with E-state index in [-0.39, 0.29) is 11.8 Å². The maximum atomic E-state index is 11.4. The first kappa shape index (κ1) is 14.4. The van der Waals surface area contributed by atoms with Crippen molar-refractivity contribution >= 4 is 11.8 Å². The Morgan fingerprint density at radius 3 is 2.39 bits per heavy atom. The number of ketones is 1. The van der Waals surface area contributed by atoms with Crippen LogP contribution in [0.2, 0.25) is 0 Å². The van der Waals surface area contributed by atoms with Gasteiger partial charge in [0, 0.05) is 19.3 Å². The van der Waals surface area contributed by atoms with Crippen LogP contribution in [0.15, 0.2) is 30.3 Å². The SMILES string of the molecule is CC(=O)CCCCC(=O)OCCc1ccccc1. The zero-order valence-electron chi connectivity index (χ0n) is 10.9. The van der Waals surface area contributed by atoms with E-state index in [1.165, 1.54) is 5.56 Å². The van der Waals surface area contributed by atoms with Gasteiger partial charge in [0.05, 0.1) is 6.61 Å². The van der Waals surface area contributed by atoms with Gasteiger partial charge in [-0.1, -0.05) is 30.3 Å². The third-order valence-electron chi connectivity index (χ3n) is 2.66. The van der Waals surface area contributed by atoms with Crippen LogP contribution in [0.3, 0.4) is 0 Å². The number of hydrogen-bond donors (Lipinski definition) is 0. The number of hydrogen-bond acceptors (Lipinski definition) is 3. The lowest BCUT2D eigenvalue weighted by molar-refractivity contribution is -0.143. The summed E-state index contributed by atoms with van der Waals surface area (Å²) in [5.74, 6) is 0.00179. The molecule has 0 N–H and O–H groups in total. The van der Waals surface area contributed by atoms with Crippen LogP contribution in [0.25, 0.3) is 0 Å². The van der Waals surface area contributed by atoms with Crippen LogP contribution in [-0.4, -0.2) is 18.4 Å². The number of benzene rings is 1. The lowest BCUT2D eigenvalue weighted by Gasteiger charge is -2.04. The van der Waals surface area contributed by atoms with Gasteiger partial charge >= 0.3 is 5.97 Å². The summed E-state index contributed by atoms with van der Waals surface area (Å²) in [6, 6.07) is 9.93. The molecule has 3 heteroatoms. The lowest BCUT2D eigenvalue weighted by atomic mass is 10.1. The summed E-state index contributed by atoms with van der Waals surface area (Å²) in [5.41, 5.74) is 1.17. The quantitative estimate of drug-likeness (QED) is 0.525. The van der Waals surface area contributed by atoms with Crippen LogP contribution < -0.4 is 0 Å². The van der Waals surface area contributed by atoms with Crippen LogP contribution in [0.1, 0.15) is 38.2 Å². The van der Waals surface area contributed by atoms with Crippen LogP contribution in [0, 0.1) is 0 Å². The highest BCUT2D eigenvalue weighted by molar-refractivity contribution is 5.75. The first-order chi connectivity index (χ1) is 8.68. The van der Waals surface area contributed by atoms with E-state index in [4.69, 9.17) is 4.74 Å². The Kier molecular flexibility index (Phi) is 6.77. The van der Waals surface area contributed by atoms with Crippen molar-refractivity contribution in [1.29, 1.82) is 0 Å². The van der Waals surface area contributed by atoms with Crippen molar-refractivity contribution < 1.29 is 14.3 Å². The number of carbonyl (C=O) groups is 2. The van der Waals surface area contributed by atoms with Gasteiger partial charge in [0.25, 0.3) is 0 Å². The standard InChI is InChI=1S/C15H20O3/c1-13(16)7-5-6-10-15(17)18-12-11-14-8-3-2-4-9-14/h2-4,8-9H,5-7,10-12H2,1H3. The maximum Gasteiger partial charge on any atom is 0.305 e. The Bertz CT molecular complexity index is 371. The normalized spacial score (nSPS) is 10.1. The fourth-order valence-electron chi connectivity index (χ4n) is 1.64. The summed E-state index contributed by atoms with van der Waals surface area (Å²) in [5, 5.41) is 0. The van der Waals surface area contributed by atoms with Gasteiger partial charge in [0.2, 0.25) is 0 Å². The number of rotatable bonds is 8. The first-order valence-corrected chi connectivity index (χ1v) is 6.37. The maximum absolute atomic E-state index is 11.4. The van der Waals surface area contributed by atoms with Crippen LogP contribution in [0.5, 0.6) is 0 Å². The Morgan fingerprint density at radius 2 is 1.72 bits per heavy atom. The highest BCUT2D eigenvalue weighted by Crippen LogP contribution is 2.03. The molecule has 3 nitrogen and oxygen atoms in total. The van der Waals surface area contributed by atoms with Gasteiger partial charge in [-0.05, 0) is 25.3 Å². The molecule has 0 radical (unpaired) electrons. The van der Waals surface area contributed by atoms with E-state index in [0.717, 1.165) is 19.3 Å². The van der Waals surface area contributed by atoms with E-state index < -0.39 is 0 Å². The lowest BCUT2D eigenvalue weighted by Crippen LogP contribution is -2.07. The van der Waals surface area contributed by atoms with Crippen molar-refractivity contribution in [1.82, 2.24) is 0 Å². The third kappa shape index (κ3) is 6.84. The van der Waals surface area contributed by atoms with E-state index in [2.05, 4.69) is 0 Å². The topological polar surface area (TPSA) is 43.4 Å². The molecule has 0 saturated heterocycles. The summed E-state index contributed by atoms with van der Waals surface area (Å²) in [4.78, 5) is 22.1. The van der Waals surface area contributed by atoms with E-state index in [0.29, 0.717) is 19.4 Å². The van der Waals surface area contributed by atoms with Gasteiger partial charge in [0.1, 0.15) is 5.78 Å². The van der Waals surface area contributed by atoms with Crippen molar-refractivity contribution in [2.75, 3.05) is 6.61 Å². The van der Waals surface area contributed by atoms with Crippen LogP contribution >= 0.6 is 0 Å². The predicted octanol–water partition coefficient (Wildman–Crippen LogP) is 2.92. The second-order valence-corrected chi connectivity index (χ2v) is 4.37. The summed E-state index contributed by atoms with van der Waals surface area (Å²) in [7, 11) is 0. The van der Waals surface area contributed by atoms with Crippen molar-refractivity contribution in [2.24, 2.45) is 0 Å². The first-order valence-electron chi connectivity index (χ1n) is 6.37. The molecule has 0 aromatic heterocycles. The van der Waals surface area contributed by atoms with Gasteiger partial charge in [-0.2, -0.15) is 0 Å². The fraction of sp³-hybridized carbons (Fsp3) is 0.467. The summed E-state index contributed by atoms with van der Waals surface area (Å²) < 4.78 is 5.13. The monoisotopic (exact) mass is 248 g/mol. The van der Waals surface area contributed by atoms with E-state index in [1.807, 2.05) is 30.3 Å². The molecule has 0 unspecified atom stereocenters. The molecule has 0 fully saturated rings. The van der Waals surface area contributed by atoms with Crippen molar-refractivity contribution in [3.8, 4) is 0 Å². The fourth-order valence-corrected chi connectivity index (χ4v) is 1.64. The molecule has 0 aliphatic carbocycles. The highest BCUT2D eigenvalue weighted by atomic mass is 16.5. The van der Waals surface area contributed by atoms with Gasteiger partial charge in [0.15, 0.2) is 0 Å². The molecule has 0 spiro atoms. The second-order valence-electron chi connectivity index (χ2n) is 4.37. The van der Waals surface area contributed by atoms with Gasteiger partial charge in [-0.3, -0.25) is 4.79 Å². The average Bonchev–Trinajstić information content (AvgIpc) is 2.36. The van der Waals surface area contributed by atoms with E-state index >= 15 is 0 Å². The van der Waals surface area contributed by atoms with Gasteiger partial charge in [-0.15, -0.1) is 0 Å². The predicted molar refractivity (Wildman–Crippen MR) is 70.3 cm³/mol. The smallest absolute Gasteiger partial charge is 0.305 e. The zero-order chi connectivity index (χ0) is 13.2. The Morgan fingerprint density at radius 1 is 1.06 bits per heavy atom. The molecule has 1 aromatic carbocycles. The van der Waals surface area contributed by atoms with Crippen LogP contribution in [0.4, 0.5) is 0 Å². The molecule has 0 aliphatic heterocycles. The summed E-state index contributed by atoms with van der Waals surface area (Å²) in [6.07, 6.45) is 3.20. The molecule has 0 bridgehead atoms. The van der Waals surface area contributed by atoms with Gasteiger partial charge < -0.3 is 9.53 Å². The second kappa shape index (κ2) is 8.45. The Balaban J connectivity index is 2.05. The molecule has 1 aromatic rings. The molecule has 0 saturated carbocycles. The molecule has 0 amide bonds. The highest BCUT2D eigenvalue weighted by Gasteiger charge is 2.03. The molecule has 0 heterocycles. The number of unbranched alkanes of at least 4 members (excludes halogenated alkanes) is 1. The number of ether oxygens (including phenoxy) is 1. The molecule has 18 heavy (non-hydrogen) atoms. The van der Waals surface area contributed by atoms with Crippen molar-refractivity contribution in [3.63, 3.8) is 0 Å². The number of Topliss-reactive ketones (excluding diaryl/α,β-unsaturated/α-hetero) is 1. The molecule has 98 valence electrons. The number of carbonyl (C=O) groups excluding carboxylic acids is 2. The molecular formula is C15H20O3. The van der Waals surface area contributed by atoms with Crippen molar-refractivity contribution in [3.05, 3.63) is 35.9 Å². The summed E-state index contributed by atoms with van der Waals surface area (Å²) in [6.45, 7) is 1.99. The molecule has 0 aliphatic rings. The largest absolute Gasteiger partial charge is 0.465 e. The molecule has 0 atom stereocenters. The Hall–Kier alpha value is -1.64. The average molecular weight is 248 g/mol.